The van der Waals surface area contributed by atoms with Crippen molar-refractivity contribution in [3.63, 3.8) is 0 Å². The maximum atomic E-state index is 12.8. The van der Waals surface area contributed by atoms with E-state index in [9.17, 15) is 28.4 Å². The van der Waals surface area contributed by atoms with Crippen LogP contribution in [-0.2, 0) is 19.6 Å². The van der Waals surface area contributed by atoms with E-state index < -0.39 is 32.2 Å². The topological polar surface area (TPSA) is 139 Å². The van der Waals surface area contributed by atoms with Crippen LogP contribution in [0.5, 0.6) is 0 Å². The molecular formula is C18H27N3O7S. The van der Waals surface area contributed by atoms with Crippen molar-refractivity contribution in [3.8, 4) is 0 Å². The van der Waals surface area contributed by atoms with Gasteiger partial charge in [-0.05, 0) is 38.8 Å². The number of benzene rings is 1. The molecule has 1 fully saturated rings. The summed E-state index contributed by atoms with van der Waals surface area (Å²) < 4.78 is 31.7. The second kappa shape index (κ2) is 9.51. The third-order valence-electron chi connectivity index (χ3n) is 4.61. The molecular weight excluding hydrogens is 402 g/mol. The highest BCUT2D eigenvalue weighted by atomic mass is 32.2. The molecule has 0 amide bonds. The lowest BCUT2D eigenvalue weighted by Crippen LogP contribution is -2.36. The molecule has 1 aromatic rings. The number of rotatable bonds is 9. The number of hydrogen-bond donors (Lipinski definition) is 2. The van der Waals surface area contributed by atoms with E-state index in [1.165, 1.54) is 23.4 Å². The van der Waals surface area contributed by atoms with Crippen molar-refractivity contribution in [1.82, 2.24) is 4.31 Å². The van der Waals surface area contributed by atoms with Gasteiger partial charge in [-0.2, -0.15) is 4.31 Å². The van der Waals surface area contributed by atoms with Crippen LogP contribution in [0, 0.1) is 10.1 Å². The molecule has 1 aliphatic rings. The molecule has 1 aromatic carbocycles. The van der Waals surface area contributed by atoms with Gasteiger partial charge in [-0.25, -0.2) is 8.42 Å². The SMILES string of the molecule is CCOC(=O)C[C@@](C)(O)CNc1ccc(S(=O)(=O)N2CCCCC2)cc1[N+](=O)[O-]. The molecule has 0 bridgehead atoms. The van der Waals surface area contributed by atoms with Crippen LogP contribution in [0.4, 0.5) is 11.4 Å². The minimum absolute atomic E-state index is 0.0525. The molecule has 2 rings (SSSR count). The van der Waals surface area contributed by atoms with Crippen LogP contribution < -0.4 is 5.32 Å². The minimum atomic E-state index is -3.81. The van der Waals surface area contributed by atoms with Gasteiger partial charge < -0.3 is 15.2 Å². The summed E-state index contributed by atoms with van der Waals surface area (Å²) in [4.78, 5) is 22.2. The molecule has 162 valence electrons. The van der Waals surface area contributed by atoms with E-state index in [1.54, 1.807) is 6.92 Å². The molecule has 0 radical (unpaired) electrons. The number of aliphatic hydroxyl groups is 1. The minimum Gasteiger partial charge on any atom is -0.466 e. The summed E-state index contributed by atoms with van der Waals surface area (Å²) >= 11 is 0. The highest BCUT2D eigenvalue weighted by molar-refractivity contribution is 7.89. The predicted molar refractivity (Wildman–Crippen MR) is 106 cm³/mol. The van der Waals surface area contributed by atoms with E-state index >= 15 is 0 Å². The van der Waals surface area contributed by atoms with Crippen molar-refractivity contribution in [2.45, 2.75) is 50.0 Å². The van der Waals surface area contributed by atoms with Gasteiger partial charge in [-0.15, -0.1) is 0 Å². The Labute approximate surface area is 170 Å². The summed E-state index contributed by atoms with van der Waals surface area (Å²) in [5.41, 5.74) is -1.87. The number of esters is 1. The van der Waals surface area contributed by atoms with Gasteiger partial charge in [0, 0.05) is 25.7 Å². The van der Waals surface area contributed by atoms with Gasteiger partial charge in [0.15, 0.2) is 0 Å². The lowest BCUT2D eigenvalue weighted by atomic mass is 10.0. The van der Waals surface area contributed by atoms with Gasteiger partial charge in [0.05, 0.1) is 28.4 Å². The first kappa shape index (κ1) is 23.0. The Morgan fingerprint density at radius 2 is 2.00 bits per heavy atom. The zero-order chi connectivity index (χ0) is 21.7. The summed E-state index contributed by atoms with van der Waals surface area (Å²) in [5.74, 6) is -0.586. The third kappa shape index (κ3) is 6.12. The number of carbonyl (C=O) groups is 1. The maximum Gasteiger partial charge on any atom is 0.308 e. The van der Waals surface area contributed by atoms with Crippen molar-refractivity contribution in [2.24, 2.45) is 0 Å². The first-order chi connectivity index (χ1) is 13.6. The van der Waals surface area contributed by atoms with Crippen molar-refractivity contribution < 1.29 is 28.0 Å². The summed E-state index contributed by atoms with van der Waals surface area (Å²) in [6, 6.07) is 3.63. The molecule has 1 atom stereocenters. The van der Waals surface area contributed by atoms with Crippen molar-refractivity contribution >= 4 is 27.4 Å². The molecule has 1 heterocycles. The van der Waals surface area contributed by atoms with Crippen LogP contribution in [0.3, 0.4) is 0 Å². The molecule has 1 saturated heterocycles. The molecule has 29 heavy (non-hydrogen) atoms. The molecule has 0 aliphatic carbocycles. The Morgan fingerprint density at radius 3 is 2.59 bits per heavy atom. The van der Waals surface area contributed by atoms with Crippen LogP contribution in [0.15, 0.2) is 23.1 Å². The molecule has 1 aliphatic heterocycles. The Hall–Kier alpha value is -2.24. The van der Waals surface area contributed by atoms with Crippen LogP contribution >= 0.6 is 0 Å². The number of carbonyl (C=O) groups excluding carboxylic acids is 1. The second-order valence-electron chi connectivity index (χ2n) is 7.23. The number of hydrogen-bond acceptors (Lipinski definition) is 8. The zero-order valence-corrected chi connectivity index (χ0v) is 17.4. The fraction of sp³-hybridized carbons (Fsp3) is 0.611. The number of nitro groups is 1. The van der Waals surface area contributed by atoms with Crippen LogP contribution in [0.25, 0.3) is 0 Å². The summed E-state index contributed by atoms with van der Waals surface area (Å²) in [7, 11) is -3.81. The Balaban J connectivity index is 2.19. The van der Waals surface area contributed by atoms with Crippen LogP contribution in [-0.4, -0.2) is 60.6 Å². The third-order valence-corrected chi connectivity index (χ3v) is 6.50. The Bertz CT molecular complexity index is 849. The standard InChI is InChI=1S/C18H27N3O7S/c1-3-28-17(22)12-18(2,23)13-19-15-8-7-14(11-16(15)21(24)25)29(26,27)20-9-5-4-6-10-20/h7-8,11,19,23H,3-6,9-10,12-13H2,1-2H3/t18-/m1/s1. The summed E-state index contributed by atoms with van der Waals surface area (Å²) in [6.45, 7) is 3.86. The van der Waals surface area contributed by atoms with Crippen molar-refractivity contribution in [1.29, 1.82) is 0 Å². The molecule has 10 nitrogen and oxygen atoms in total. The van der Waals surface area contributed by atoms with E-state index in [4.69, 9.17) is 4.74 Å². The zero-order valence-electron chi connectivity index (χ0n) is 16.6. The number of nitrogens with one attached hydrogen (secondary N) is 1. The monoisotopic (exact) mass is 429 g/mol. The average Bonchev–Trinajstić information content (AvgIpc) is 2.66. The molecule has 11 heteroatoms. The lowest BCUT2D eigenvalue weighted by Gasteiger charge is -2.26. The highest BCUT2D eigenvalue weighted by Crippen LogP contribution is 2.30. The number of ether oxygens (including phenoxy) is 1. The second-order valence-corrected chi connectivity index (χ2v) is 9.17. The van der Waals surface area contributed by atoms with E-state index in [-0.39, 0.29) is 30.2 Å². The van der Waals surface area contributed by atoms with E-state index in [0.29, 0.717) is 13.1 Å². The quantitative estimate of drug-likeness (QED) is 0.345. The fourth-order valence-corrected chi connectivity index (χ4v) is 4.64. The fourth-order valence-electron chi connectivity index (χ4n) is 3.10. The van der Waals surface area contributed by atoms with Crippen molar-refractivity contribution in [3.05, 3.63) is 28.3 Å². The smallest absolute Gasteiger partial charge is 0.308 e. The van der Waals surface area contributed by atoms with Crippen molar-refractivity contribution in [2.75, 3.05) is 31.6 Å². The Kier molecular flexibility index (Phi) is 7.55. The molecule has 0 unspecified atom stereocenters. The first-order valence-electron chi connectivity index (χ1n) is 9.47. The van der Waals surface area contributed by atoms with Gasteiger partial charge in [0.1, 0.15) is 5.69 Å². The van der Waals surface area contributed by atoms with Gasteiger partial charge in [-0.3, -0.25) is 14.9 Å². The molecule has 0 spiro atoms. The van der Waals surface area contributed by atoms with Gasteiger partial charge in [-0.1, -0.05) is 6.42 Å². The van der Waals surface area contributed by atoms with E-state index in [0.717, 1.165) is 25.3 Å². The normalized spacial score (nSPS) is 17.3. The maximum absolute atomic E-state index is 12.8. The first-order valence-corrected chi connectivity index (χ1v) is 10.9. The van der Waals surface area contributed by atoms with E-state index in [1.807, 2.05) is 0 Å². The summed E-state index contributed by atoms with van der Waals surface area (Å²) in [6.07, 6.45) is 2.19. The Morgan fingerprint density at radius 1 is 1.34 bits per heavy atom. The average molecular weight is 429 g/mol. The van der Waals surface area contributed by atoms with Crippen LogP contribution in [0.2, 0.25) is 0 Å². The van der Waals surface area contributed by atoms with Gasteiger partial charge in [0.2, 0.25) is 10.0 Å². The number of anilines is 1. The number of sulfonamides is 1. The van der Waals surface area contributed by atoms with Crippen LogP contribution in [0.1, 0.15) is 39.5 Å². The molecule has 2 N–H and O–H groups in total. The van der Waals surface area contributed by atoms with Gasteiger partial charge in [0.25, 0.3) is 5.69 Å². The van der Waals surface area contributed by atoms with Gasteiger partial charge >= 0.3 is 5.97 Å². The molecule has 0 saturated carbocycles. The largest absolute Gasteiger partial charge is 0.466 e. The molecule has 0 aromatic heterocycles. The highest BCUT2D eigenvalue weighted by Gasteiger charge is 2.30. The number of nitro benzene ring substituents is 1. The lowest BCUT2D eigenvalue weighted by molar-refractivity contribution is -0.384. The predicted octanol–water partition coefficient (Wildman–Crippen LogP) is 1.89. The van der Waals surface area contributed by atoms with E-state index in [2.05, 4.69) is 5.32 Å². The summed E-state index contributed by atoms with van der Waals surface area (Å²) in [5, 5.41) is 24.5. The number of piperidine rings is 1. The number of nitrogens with zero attached hydrogens (tertiary/aromatic N) is 2.